The molecule has 0 aliphatic carbocycles. The summed E-state index contributed by atoms with van der Waals surface area (Å²) in [6.07, 6.45) is 4.93. The molecule has 0 atom stereocenters. The molecule has 0 amide bonds. The topological polar surface area (TPSA) is 111 Å². The van der Waals surface area contributed by atoms with E-state index in [1.165, 1.54) is 18.5 Å². The fraction of sp³-hybridized carbons (Fsp3) is 0.136. The van der Waals surface area contributed by atoms with Gasteiger partial charge in [0.15, 0.2) is 11.6 Å². The Morgan fingerprint density at radius 1 is 1.03 bits per heavy atom. The number of benzene rings is 2. The van der Waals surface area contributed by atoms with Crippen molar-refractivity contribution >= 4 is 27.2 Å². The number of imidazole rings is 1. The number of nitrogens with one attached hydrogen (secondary N) is 2. The van der Waals surface area contributed by atoms with Crippen molar-refractivity contribution < 1.29 is 17.5 Å². The summed E-state index contributed by atoms with van der Waals surface area (Å²) in [5.41, 5.74) is 1.02. The molecule has 0 spiro atoms. The smallest absolute Gasteiger partial charge is 0.262 e. The van der Waals surface area contributed by atoms with Crippen LogP contribution in [0.25, 0.3) is 5.82 Å². The summed E-state index contributed by atoms with van der Waals surface area (Å²) in [7, 11) is -3.97. The normalized spacial score (nSPS) is 11.2. The summed E-state index contributed by atoms with van der Waals surface area (Å²) in [5, 5.41) is 3.15. The molecule has 2 N–H and O–H groups in total. The zero-order valence-electron chi connectivity index (χ0n) is 17.9. The molecule has 0 fully saturated rings. The van der Waals surface area contributed by atoms with Gasteiger partial charge < -0.3 is 10.1 Å². The van der Waals surface area contributed by atoms with E-state index in [0.29, 0.717) is 23.0 Å². The quantitative estimate of drug-likeness (QED) is 0.401. The van der Waals surface area contributed by atoms with Gasteiger partial charge in [0.05, 0.1) is 11.5 Å². The first kappa shape index (κ1) is 22.2. The highest BCUT2D eigenvalue weighted by molar-refractivity contribution is 7.92. The van der Waals surface area contributed by atoms with Gasteiger partial charge in [0, 0.05) is 29.8 Å². The number of aromatic nitrogens is 4. The molecule has 0 aliphatic rings. The van der Waals surface area contributed by atoms with Crippen LogP contribution in [-0.4, -0.2) is 34.5 Å². The largest absolute Gasteiger partial charge is 0.491 e. The fourth-order valence-corrected chi connectivity index (χ4v) is 4.14. The first-order chi connectivity index (χ1) is 15.9. The Balaban J connectivity index is 1.47. The monoisotopic (exact) mass is 468 g/mol. The lowest BCUT2D eigenvalue weighted by Crippen LogP contribution is -2.13. The molecule has 0 saturated carbocycles. The number of sulfonamides is 1. The number of nitrogens with zero attached hydrogens (tertiary/aromatic N) is 4. The van der Waals surface area contributed by atoms with Crippen LogP contribution in [0.5, 0.6) is 5.75 Å². The van der Waals surface area contributed by atoms with E-state index in [-0.39, 0.29) is 17.3 Å². The maximum Gasteiger partial charge on any atom is 0.262 e. The first-order valence-electron chi connectivity index (χ1n) is 10.0. The highest BCUT2D eigenvalue weighted by Crippen LogP contribution is 2.24. The van der Waals surface area contributed by atoms with Crippen LogP contribution >= 0.6 is 0 Å². The Kier molecular flexibility index (Phi) is 6.22. The van der Waals surface area contributed by atoms with Crippen molar-refractivity contribution in [2.24, 2.45) is 0 Å². The molecule has 2 aromatic heterocycles. The highest BCUT2D eigenvalue weighted by Gasteiger charge is 2.17. The summed E-state index contributed by atoms with van der Waals surface area (Å²) in [6.45, 7) is 3.87. The maximum atomic E-state index is 14.1. The molecule has 0 unspecified atom stereocenters. The second-order valence-corrected chi connectivity index (χ2v) is 8.62. The van der Waals surface area contributed by atoms with Gasteiger partial charge in [0.1, 0.15) is 23.8 Å². The molecule has 170 valence electrons. The average Bonchev–Trinajstić information content (AvgIpc) is 3.22. The van der Waals surface area contributed by atoms with Crippen molar-refractivity contribution in [3.63, 3.8) is 0 Å². The van der Waals surface area contributed by atoms with Crippen molar-refractivity contribution in [3.05, 3.63) is 78.9 Å². The molecule has 0 aliphatic heterocycles. The SMILES string of the molecule is CCOc1ccc(S(=O)(=O)Nc2ccc(Nc3cc(-n4ccnc4C)ncn3)cc2)cc1F. The van der Waals surface area contributed by atoms with Gasteiger partial charge in [-0.05, 0) is 56.3 Å². The third kappa shape index (κ3) is 5.09. The van der Waals surface area contributed by atoms with Gasteiger partial charge in [-0.25, -0.2) is 27.8 Å². The van der Waals surface area contributed by atoms with Gasteiger partial charge >= 0.3 is 0 Å². The van der Waals surface area contributed by atoms with E-state index in [2.05, 4.69) is 25.0 Å². The van der Waals surface area contributed by atoms with E-state index in [9.17, 15) is 12.8 Å². The molecule has 33 heavy (non-hydrogen) atoms. The molecule has 9 nitrogen and oxygen atoms in total. The lowest BCUT2D eigenvalue weighted by Gasteiger charge is -2.11. The predicted molar refractivity (Wildman–Crippen MR) is 122 cm³/mol. The van der Waals surface area contributed by atoms with Gasteiger partial charge in [-0.3, -0.25) is 9.29 Å². The van der Waals surface area contributed by atoms with Gasteiger partial charge in [-0.15, -0.1) is 0 Å². The van der Waals surface area contributed by atoms with Gasteiger partial charge in [-0.2, -0.15) is 0 Å². The number of hydrogen-bond acceptors (Lipinski definition) is 7. The lowest BCUT2D eigenvalue weighted by molar-refractivity contribution is 0.321. The second-order valence-electron chi connectivity index (χ2n) is 6.94. The van der Waals surface area contributed by atoms with E-state index in [1.54, 1.807) is 49.6 Å². The number of anilines is 3. The Morgan fingerprint density at radius 2 is 1.79 bits per heavy atom. The van der Waals surface area contributed by atoms with Crippen LogP contribution in [-0.2, 0) is 10.0 Å². The molecule has 0 saturated heterocycles. The number of rotatable bonds is 8. The van der Waals surface area contributed by atoms with Crippen LogP contribution in [0.15, 0.2) is 72.1 Å². The van der Waals surface area contributed by atoms with Crippen molar-refractivity contribution in [2.75, 3.05) is 16.6 Å². The summed E-state index contributed by atoms with van der Waals surface area (Å²) < 4.78 is 48.7. The van der Waals surface area contributed by atoms with E-state index in [1.807, 2.05) is 11.5 Å². The zero-order valence-corrected chi connectivity index (χ0v) is 18.7. The Morgan fingerprint density at radius 3 is 2.45 bits per heavy atom. The van der Waals surface area contributed by atoms with Crippen molar-refractivity contribution in [2.45, 2.75) is 18.7 Å². The van der Waals surface area contributed by atoms with Crippen molar-refractivity contribution in [1.29, 1.82) is 0 Å². The predicted octanol–water partition coefficient (Wildman–Crippen LogP) is 4.05. The summed E-state index contributed by atoms with van der Waals surface area (Å²) in [4.78, 5) is 12.4. The average molecular weight is 469 g/mol. The first-order valence-corrected chi connectivity index (χ1v) is 11.5. The molecular weight excluding hydrogens is 447 g/mol. The van der Waals surface area contributed by atoms with Crippen LogP contribution in [0.2, 0.25) is 0 Å². The minimum atomic E-state index is -3.97. The summed E-state index contributed by atoms with van der Waals surface area (Å²) >= 11 is 0. The minimum absolute atomic E-state index is 0.00274. The van der Waals surface area contributed by atoms with Crippen LogP contribution in [0.3, 0.4) is 0 Å². The second kappa shape index (κ2) is 9.25. The molecule has 4 rings (SSSR count). The molecule has 0 radical (unpaired) electrons. The third-order valence-electron chi connectivity index (χ3n) is 4.65. The molecule has 2 heterocycles. The van der Waals surface area contributed by atoms with Crippen molar-refractivity contribution in [3.8, 4) is 11.6 Å². The molecule has 2 aromatic carbocycles. The summed E-state index contributed by atoms with van der Waals surface area (Å²) in [6, 6.07) is 11.9. The number of hydrogen-bond donors (Lipinski definition) is 2. The van der Waals surface area contributed by atoms with E-state index >= 15 is 0 Å². The Bertz CT molecular complexity index is 1370. The van der Waals surface area contributed by atoms with E-state index in [0.717, 1.165) is 11.9 Å². The van der Waals surface area contributed by atoms with Crippen LogP contribution in [0.4, 0.5) is 21.6 Å². The molecular formula is C22H21FN6O3S. The zero-order chi connectivity index (χ0) is 23.4. The van der Waals surface area contributed by atoms with Gasteiger partial charge in [0.25, 0.3) is 10.0 Å². The summed E-state index contributed by atoms with van der Waals surface area (Å²) in [5.74, 6) is 1.28. The van der Waals surface area contributed by atoms with E-state index < -0.39 is 15.8 Å². The Hall–Kier alpha value is -3.99. The van der Waals surface area contributed by atoms with Crippen molar-refractivity contribution in [1.82, 2.24) is 19.5 Å². The number of halogens is 1. The Labute approximate surface area is 190 Å². The van der Waals surface area contributed by atoms with Gasteiger partial charge in [0.2, 0.25) is 0 Å². The minimum Gasteiger partial charge on any atom is -0.491 e. The van der Waals surface area contributed by atoms with Crippen LogP contribution in [0.1, 0.15) is 12.7 Å². The molecule has 4 aromatic rings. The van der Waals surface area contributed by atoms with Crippen LogP contribution < -0.4 is 14.8 Å². The number of aryl methyl sites for hydroxylation is 1. The molecule has 11 heteroatoms. The maximum absolute atomic E-state index is 14.1. The lowest BCUT2D eigenvalue weighted by atomic mass is 10.3. The number of ether oxygens (including phenoxy) is 1. The van der Waals surface area contributed by atoms with Crippen LogP contribution in [0, 0.1) is 12.7 Å². The molecule has 0 bridgehead atoms. The standard InChI is InChI=1S/C22H21FN6O3S/c1-3-32-20-9-8-18(12-19(20)23)33(30,31)28-17-6-4-16(5-7-17)27-21-13-22(26-14-25-21)29-11-10-24-15(29)2/h4-14,28H,3H2,1-2H3,(H,25,26,27). The van der Waals surface area contributed by atoms with E-state index in [4.69, 9.17) is 4.74 Å². The third-order valence-corrected chi connectivity index (χ3v) is 6.03. The van der Waals surface area contributed by atoms with Gasteiger partial charge in [-0.1, -0.05) is 0 Å². The fourth-order valence-electron chi connectivity index (χ4n) is 3.07. The highest BCUT2D eigenvalue weighted by atomic mass is 32.2.